The number of hydrogen-bond donors (Lipinski definition) is 0. The normalized spacial score (nSPS) is 16.6. The molecule has 3 rings (SSSR count). The van der Waals surface area contributed by atoms with E-state index in [9.17, 15) is 4.79 Å². The Morgan fingerprint density at radius 1 is 1.25 bits per heavy atom. The molecule has 0 spiro atoms. The lowest BCUT2D eigenvalue weighted by Crippen LogP contribution is -2.44. The van der Waals surface area contributed by atoms with Gasteiger partial charge >= 0.3 is 0 Å². The summed E-state index contributed by atoms with van der Waals surface area (Å²) < 4.78 is 11.7. The molecule has 5 nitrogen and oxygen atoms in total. The number of piperidine rings is 1. The van der Waals surface area contributed by atoms with E-state index in [-0.39, 0.29) is 12.0 Å². The predicted octanol–water partition coefficient (Wildman–Crippen LogP) is 4.99. The summed E-state index contributed by atoms with van der Waals surface area (Å²) in [6, 6.07) is 9.16. The molecule has 1 fully saturated rings. The molecule has 6 heteroatoms. The molecule has 0 bridgehead atoms. The fourth-order valence-electron chi connectivity index (χ4n) is 3.27. The first-order valence-corrected chi connectivity index (χ1v) is 10.3. The Morgan fingerprint density at radius 2 is 2.07 bits per heavy atom. The van der Waals surface area contributed by atoms with Crippen molar-refractivity contribution in [3.05, 3.63) is 53.3 Å². The molecule has 0 aliphatic carbocycles. The molecule has 1 atom stereocenters. The van der Waals surface area contributed by atoms with Gasteiger partial charge in [0.25, 0.3) is 5.91 Å². The number of likely N-dealkylation sites (tertiary alicyclic amines) is 1. The third kappa shape index (κ3) is 5.61. The number of carbonyl (C=O) groups excluding carboxylic acids is 1. The number of benzene rings is 1. The number of carbonyl (C=O) groups is 1. The van der Waals surface area contributed by atoms with Crippen molar-refractivity contribution in [2.75, 3.05) is 19.7 Å². The van der Waals surface area contributed by atoms with E-state index in [4.69, 9.17) is 21.1 Å². The van der Waals surface area contributed by atoms with Gasteiger partial charge in [0.15, 0.2) is 0 Å². The molecule has 0 N–H and O–H groups in total. The Labute approximate surface area is 171 Å². The number of halogens is 1. The predicted molar refractivity (Wildman–Crippen MR) is 110 cm³/mol. The highest BCUT2D eigenvalue weighted by Crippen LogP contribution is 2.26. The SMILES string of the molecule is CCCCCOc1ccc(C(=O)N2CCCC(Oc3ccncc3Cl)C2)cc1. The standard InChI is InChI=1S/C22H27ClN2O3/c1-2-3-4-14-27-18-9-7-17(8-10-18)22(26)25-13-5-6-19(16-25)28-21-11-12-24-15-20(21)23/h7-12,15,19H,2-6,13-14,16H2,1H3. The minimum atomic E-state index is -0.0706. The molecular formula is C22H27ClN2O3. The summed E-state index contributed by atoms with van der Waals surface area (Å²) >= 11 is 6.13. The topological polar surface area (TPSA) is 51.7 Å². The van der Waals surface area contributed by atoms with Crippen LogP contribution in [-0.2, 0) is 0 Å². The van der Waals surface area contributed by atoms with Crippen molar-refractivity contribution >= 4 is 17.5 Å². The molecular weight excluding hydrogens is 376 g/mol. The van der Waals surface area contributed by atoms with Crippen LogP contribution in [0.25, 0.3) is 0 Å². The largest absolute Gasteiger partial charge is 0.494 e. The average Bonchev–Trinajstić information content (AvgIpc) is 2.73. The van der Waals surface area contributed by atoms with Gasteiger partial charge in [-0.2, -0.15) is 0 Å². The smallest absolute Gasteiger partial charge is 0.253 e. The number of pyridine rings is 1. The van der Waals surface area contributed by atoms with Crippen LogP contribution in [0, 0.1) is 0 Å². The van der Waals surface area contributed by atoms with Crippen molar-refractivity contribution in [2.45, 2.75) is 45.1 Å². The summed E-state index contributed by atoms with van der Waals surface area (Å²) in [6.45, 7) is 4.16. The lowest BCUT2D eigenvalue weighted by atomic mass is 10.1. The summed E-state index contributed by atoms with van der Waals surface area (Å²) in [6.07, 6.45) is 8.33. The van der Waals surface area contributed by atoms with Crippen molar-refractivity contribution in [3.8, 4) is 11.5 Å². The zero-order chi connectivity index (χ0) is 19.8. The van der Waals surface area contributed by atoms with Crippen LogP contribution >= 0.6 is 11.6 Å². The van der Waals surface area contributed by atoms with E-state index in [1.165, 1.54) is 12.8 Å². The van der Waals surface area contributed by atoms with E-state index in [2.05, 4.69) is 11.9 Å². The molecule has 1 saturated heterocycles. The van der Waals surface area contributed by atoms with Gasteiger partial charge in [0, 0.05) is 30.6 Å². The molecule has 0 radical (unpaired) electrons. The first-order chi connectivity index (χ1) is 13.7. The highest BCUT2D eigenvalue weighted by molar-refractivity contribution is 6.31. The molecule has 1 aliphatic heterocycles. The Morgan fingerprint density at radius 3 is 2.82 bits per heavy atom. The first-order valence-electron chi connectivity index (χ1n) is 9.95. The van der Waals surface area contributed by atoms with Gasteiger partial charge in [0.05, 0.1) is 13.2 Å². The van der Waals surface area contributed by atoms with Crippen LogP contribution in [0.15, 0.2) is 42.7 Å². The lowest BCUT2D eigenvalue weighted by molar-refractivity contribution is 0.0538. The molecule has 1 aromatic heterocycles. The summed E-state index contributed by atoms with van der Waals surface area (Å²) in [4.78, 5) is 18.7. The van der Waals surface area contributed by atoms with Gasteiger partial charge in [-0.25, -0.2) is 0 Å². The summed E-state index contributed by atoms with van der Waals surface area (Å²) in [5.74, 6) is 1.44. The van der Waals surface area contributed by atoms with Crippen LogP contribution in [0.3, 0.4) is 0 Å². The van der Waals surface area contributed by atoms with Gasteiger partial charge in [-0.3, -0.25) is 9.78 Å². The number of hydrogen-bond acceptors (Lipinski definition) is 4. The first kappa shape index (κ1) is 20.5. The van der Waals surface area contributed by atoms with Crippen LogP contribution < -0.4 is 9.47 Å². The second kappa shape index (κ2) is 10.3. The number of amides is 1. The summed E-state index contributed by atoms with van der Waals surface area (Å²) in [5, 5.41) is 0.487. The molecule has 1 unspecified atom stereocenters. The minimum Gasteiger partial charge on any atom is -0.494 e. The van der Waals surface area contributed by atoms with Gasteiger partial charge in [-0.1, -0.05) is 31.4 Å². The van der Waals surface area contributed by atoms with Crippen LogP contribution in [0.5, 0.6) is 11.5 Å². The molecule has 1 aliphatic rings. The highest BCUT2D eigenvalue weighted by Gasteiger charge is 2.26. The van der Waals surface area contributed by atoms with Crippen molar-refractivity contribution < 1.29 is 14.3 Å². The van der Waals surface area contributed by atoms with Crippen molar-refractivity contribution in [3.63, 3.8) is 0 Å². The van der Waals surface area contributed by atoms with Gasteiger partial charge < -0.3 is 14.4 Å². The van der Waals surface area contributed by atoms with Crippen LogP contribution in [0.4, 0.5) is 0 Å². The number of aromatic nitrogens is 1. The van der Waals surface area contributed by atoms with E-state index >= 15 is 0 Å². The Kier molecular flexibility index (Phi) is 7.54. The average molecular weight is 403 g/mol. The maximum atomic E-state index is 12.9. The molecule has 0 saturated carbocycles. The molecule has 1 aromatic carbocycles. The molecule has 2 heterocycles. The molecule has 150 valence electrons. The maximum absolute atomic E-state index is 12.9. The second-order valence-corrected chi connectivity index (χ2v) is 7.43. The van der Waals surface area contributed by atoms with Gasteiger partial charge in [-0.15, -0.1) is 0 Å². The Bertz CT molecular complexity index is 767. The van der Waals surface area contributed by atoms with Crippen molar-refractivity contribution in [2.24, 2.45) is 0 Å². The summed E-state index contributed by atoms with van der Waals surface area (Å²) in [5.41, 5.74) is 0.670. The van der Waals surface area contributed by atoms with Crippen molar-refractivity contribution in [1.82, 2.24) is 9.88 Å². The monoisotopic (exact) mass is 402 g/mol. The molecule has 1 amide bonds. The molecule has 28 heavy (non-hydrogen) atoms. The number of unbranched alkanes of at least 4 members (excludes halogenated alkanes) is 2. The van der Waals surface area contributed by atoms with Gasteiger partial charge in [0.2, 0.25) is 0 Å². The number of nitrogens with zero attached hydrogens (tertiary/aromatic N) is 2. The van der Waals surface area contributed by atoms with E-state index < -0.39 is 0 Å². The quantitative estimate of drug-likeness (QED) is 0.584. The molecule has 2 aromatic rings. The second-order valence-electron chi connectivity index (χ2n) is 7.02. The zero-order valence-electron chi connectivity index (χ0n) is 16.3. The van der Waals surface area contributed by atoms with Crippen LogP contribution in [0.2, 0.25) is 5.02 Å². The van der Waals surface area contributed by atoms with Crippen LogP contribution in [0.1, 0.15) is 49.4 Å². The zero-order valence-corrected chi connectivity index (χ0v) is 17.0. The van der Waals surface area contributed by atoms with E-state index in [1.807, 2.05) is 29.2 Å². The van der Waals surface area contributed by atoms with E-state index in [0.717, 1.165) is 31.6 Å². The Balaban J connectivity index is 1.55. The van der Waals surface area contributed by atoms with Gasteiger partial charge in [0.1, 0.15) is 22.6 Å². The Hall–Kier alpha value is -2.27. The summed E-state index contributed by atoms with van der Waals surface area (Å²) in [7, 11) is 0. The lowest BCUT2D eigenvalue weighted by Gasteiger charge is -2.33. The number of rotatable bonds is 8. The van der Waals surface area contributed by atoms with E-state index in [0.29, 0.717) is 29.5 Å². The van der Waals surface area contributed by atoms with Crippen molar-refractivity contribution in [1.29, 1.82) is 0 Å². The third-order valence-corrected chi connectivity index (χ3v) is 5.10. The van der Waals surface area contributed by atoms with Gasteiger partial charge in [-0.05, 0) is 43.5 Å². The number of ether oxygens (including phenoxy) is 2. The fourth-order valence-corrected chi connectivity index (χ4v) is 3.44. The third-order valence-electron chi connectivity index (χ3n) is 4.81. The van der Waals surface area contributed by atoms with Crippen LogP contribution in [-0.4, -0.2) is 41.6 Å². The fraction of sp³-hybridized carbons (Fsp3) is 0.455. The minimum absolute atomic E-state index is 0.0201. The maximum Gasteiger partial charge on any atom is 0.253 e. The highest BCUT2D eigenvalue weighted by atomic mass is 35.5. The van der Waals surface area contributed by atoms with E-state index in [1.54, 1.807) is 18.5 Å².